The van der Waals surface area contributed by atoms with Crippen molar-refractivity contribution in [3.63, 3.8) is 0 Å². The van der Waals surface area contributed by atoms with E-state index in [9.17, 15) is 14.7 Å². The number of hydrogen-bond donors (Lipinski definition) is 1. The van der Waals surface area contributed by atoms with Crippen LogP contribution in [0, 0.1) is 0 Å². The van der Waals surface area contributed by atoms with E-state index in [2.05, 4.69) is 17.2 Å². The van der Waals surface area contributed by atoms with E-state index in [0.29, 0.717) is 19.4 Å². The number of benzene rings is 1. The second kappa shape index (κ2) is 8.49. The number of likely N-dealkylation sites (tertiary alicyclic amines) is 1. The van der Waals surface area contributed by atoms with Crippen LogP contribution in [0.4, 0.5) is 4.79 Å². The fourth-order valence-electron chi connectivity index (χ4n) is 4.67. The van der Waals surface area contributed by atoms with Crippen molar-refractivity contribution >= 4 is 52.4 Å². The monoisotopic (exact) mass is 481 g/mol. The maximum atomic E-state index is 12.4. The van der Waals surface area contributed by atoms with Gasteiger partial charge in [-0.15, -0.1) is 0 Å². The number of amides is 1. The molecule has 1 fully saturated rings. The predicted molar refractivity (Wildman–Crippen MR) is 121 cm³/mol. The van der Waals surface area contributed by atoms with Crippen molar-refractivity contribution < 1.29 is 14.7 Å². The molecule has 1 unspecified atom stereocenters. The molecule has 1 aliphatic heterocycles. The van der Waals surface area contributed by atoms with Crippen LogP contribution < -0.4 is 0 Å². The molecule has 1 atom stereocenters. The van der Waals surface area contributed by atoms with E-state index in [4.69, 9.17) is 34.8 Å². The SMILES string of the molecule is CC(=O)n1ncc2c1C(=C1CCN(C(=O)O)C(CC(Cl)(Cl)Cl)C1)c1ccccc1CC2. The van der Waals surface area contributed by atoms with Crippen LogP contribution in [0.3, 0.4) is 0 Å². The zero-order valence-corrected chi connectivity index (χ0v) is 19.2. The van der Waals surface area contributed by atoms with Crippen LogP contribution in [0.1, 0.15) is 53.4 Å². The van der Waals surface area contributed by atoms with Crippen LogP contribution in [0.15, 0.2) is 36.0 Å². The van der Waals surface area contributed by atoms with Crippen LogP contribution in [0.5, 0.6) is 0 Å². The second-order valence-corrected chi connectivity index (χ2v) is 10.5. The van der Waals surface area contributed by atoms with Crippen LogP contribution in [-0.4, -0.2) is 48.2 Å². The Morgan fingerprint density at radius 3 is 2.55 bits per heavy atom. The summed E-state index contributed by atoms with van der Waals surface area (Å²) < 4.78 is -0.119. The van der Waals surface area contributed by atoms with E-state index in [1.807, 2.05) is 12.1 Å². The summed E-state index contributed by atoms with van der Waals surface area (Å²) in [5.74, 6) is -0.167. The first kappa shape index (κ1) is 22.2. The number of alkyl halides is 3. The lowest BCUT2D eigenvalue weighted by molar-refractivity contribution is 0.0920. The zero-order chi connectivity index (χ0) is 22.3. The van der Waals surface area contributed by atoms with Gasteiger partial charge in [0.25, 0.3) is 0 Å². The first-order chi connectivity index (χ1) is 14.7. The summed E-state index contributed by atoms with van der Waals surface area (Å²) in [6.07, 6.45) is 3.38. The summed E-state index contributed by atoms with van der Waals surface area (Å²) in [4.78, 5) is 25.5. The molecule has 4 rings (SSSR count). The van der Waals surface area contributed by atoms with Crippen LogP contribution in [0.25, 0.3) is 5.57 Å². The predicted octanol–water partition coefficient (Wildman–Crippen LogP) is 5.35. The number of hydrogen-bond acceptors (Lipinski definition) is 3. The lowest BCUT2D eigenvalue weighted by Crippen LogP contribution is -2.45. The van der Waals surface area contributed by atoms with Crippen LogP contribution in [0.2, 0.25) is 0 Å². The Kier molecular flexibility index (Phi) is 6.08. The van der Waals surface area contributed by atoms with E-state index < -0.39 is 15.9 Å². The third kappa shape index (κ3) is 4.47. The quantitative estimate of drug-likeness (QED) is 0.556. The minimum atomic E-state index is -1.57. The van der Waals surface area contributed by atoms with Crippen molar-refractivity contribution in [2.75, 3.05) is 6.54 Å². The fraction of sp³-hybridized carbons (Fsp3) is 0.409. The van der Waals surface area contributed by atoms with Crippen molar-refractivity contribution in [1.82, 2.24) is 14.7 Å². The van der Waals surface area contributed by atoms with E-state index in [1.165, 1.54) is 22.1 Å². The average Bonchev–Trinajstić information content (AvgIpc) is 3.03. The molecular formula is C22H22Cl3N3O3. The minimum Gasteiger partial charge on any atom is -0.465 e. The van der Waals surface area contributed by atoms with Crippen LogP contribution >= 0.6 is 34.8 Å². The molecule has 9 heteroatoms. The number of piperidine rings is 1. The van der Waals surface area contributed by atoms with Gasteiger partial charge in [0.1, 0.15) is 0 Å². The minimum absolute atomic E-state index is 0.0845. The van der Waals surface area contributed by atoms with Gasteiger partial charge in [0.15, 0.2) is 3.79 Å². The van der Waals surface area contributed by atoms with Crippen molar-refractivity contribution in [3.8, 4) is 0 Å². The number of aryl methyl sites for hydroxylation is 2. The second-order valence-electron chi connectivity index (χ2n) is 7.99. The van der Waals surface area contributed by atoms with E-state index in [-0.39, 0.29) is 12.3 Å². The van der Waals surface area contributed by atoms with Crippen molar-refractivity contribution in [2.24, 2.45) is 0 Å². The Labute approximate surface area is 195 Å². The molecular weight excluding hydrogens is 461 g/mol. The van der Waals surface area contributed by atoms with Gasteiger partial charge in [0.2, 0.25) is 5.91 Å². The van der Waals surface area contributed by atoms with Crippen molar-refractivity contribution in [1.29, 1.82) is 0 Å². The summed E-state index contributed by atoms with van der Waals surface area (Å²) in [6.45, 7) is 1.79. The Morgan fingerprint density at radius 2 is 1.87 bits per heavy atom. The van der Waals surface area contributed by atoms with Gasteiger partial charge in [-0.1, -0.05) is 64.6 Å². The van der Waals surface area contributed by atoms with E-state index in [0.717, 1.165) is 40.8 Å². The number of aromatic nitrogens is 2. The topological polar surface area (TPSA) is 75.4 Å². The molecule has 164 valence electrons. The fourth-order valence-corrected chi connectivity index (χ4v) is 5.20. The standard InChI is InChI=1S/C22H22Cl3N3O3/c1-13(29)28-20-16(12-26-28)7-6-14-4-2-3-5-18(14)19(20)15-8-9-27(21(30)31)17(10-15)11-22(23,24)25/h2-5,12,17H,6-11H2,1H3,(H,30,31). The third-order valence-corrected chi connectivity index (χ3v) is 6.44. The first-order valence-corrected chi connectivity index (χ1v) is 11.2. The van der Waals surface area contributed by atoms with Crippen LogP contribution in [-0.2, 0) is 12.8 Å². The van der Waals surface area contributed by atoms with Gasteiger partial charge in [-0.3, -0.25) is 4.79 Å². The number of carbonyl (C=O) groups is 2. The highest BCUT2D eigenvalue weighted by Crippen LogP contribution is 2.42. The Bertz CT molecular complexity index is 1070. The molecule has 2 aromatic rings. The molecule has 1 amide bonds. The Hall–Kier alpha value is -2.02. The summed E-state index contributed by atoms with van der Waals surface area (Å²) in [5, 5.41) is 14.0. The molecule has 0 bridgehead atoms. The number of rotatable bonds is 1. The highest BCUT2D eigenvalue weighted by Gasteiger charge is 2.37. The largest absolute Gasteiger partial charge is 0.465 e. The summed E-state index contributed by atoms with van der Waals surface area (Å²) in [5.41, 5.74) is 6.05. The first-order valence-electron chi connectivity index (χ1n) is 10.1. The molecule has 1 aromatic carbocycles. The van der Waals surface area contributed by atoms with Gasteiger partial charge in [-0.25, -0.2) is 9.48 Å². The summed E-state index contributed by atoms with van der Waals surface area (Å²) in [7, 11) is 0. The third-order valence-electron chi connectivity index (χ3n) is 5.97. The van der Waals surface area contributed by atoms with Gasteiger partial charge in [0, 0.05) is 31.5 Å². The highest BCUT2D eigenvalue weighted by atomic mass is 35.6. The van der Waals surface area contributed by atoms with Gasteiger partial charge >= 0.3 is 6.09 Å². The number of nitrogens with zero attached hydrogens (tertiary/aromatic N) is 3. The molecule has 1 N–H and O–H groups in total. The summed E-state index contributed by atoms with van der Waals surface area (Å²) >= 11 is 18.1. The average molecular weight is 483 g/mol. The molecule has 0 spiro atoms. The molecule has 2 aliphatic rings. The molecule has 1 saturated heterocycles. The molecule has 0 saturated carbocycles. The maximum absolute atomic E-state index is 12.4. The van der Waals surface area contributed by atoms with E-state index in [1.54, 1.807) is 6.20 Å². The molecule has 31 heavy (non-hydrogen) atoms. The van der Waals surface area contributed by atoms with Crippen molar-refractivity contribution in [3.05, 3.63) is 58.4 Å². The summed E-state index contributed by atoms with van der Waals surface area (Å²) in [6, 6.07) is 7.65. The lowest BCUT2D eigenvalue weighted by atomic mass is 9.85. The zero-order valence-electron chi connectivity index (χ0n) is 16.9. The molecule has 6 nitrogen and oxygen atoms in total. The molecule has 2 heterocycles. The lowest BCUT2D eigenvalue weighted by Gasteiger charge is -2.37. The van der Waals surface area contributed by atoms with E-state index >= 15 is 0 Å². The molecule has 1 aromatic heterocycles. The maximum Gasteiger partial charge on any atom is 0.407 e. The smallest absolute Gasteiger partial charge is 0.407 e. The van der Waals surface area contributed by atoms with Gasteiger partial charge in [-0.05, 0) is 42.4 Å². The van der Waals surface area contributed by atoms with Gasteiger partial charge in [0.05, 0.1) is 11.9 Å². The Balaban J connectivity index is 1.90. The van der Waals surface area contributed by atoms with Gasteiger partial charge < -0.3 is 10.0 Å². The number of carbonyl (C=O) groups excluding carboxylic acids is 1. The Morgan fingerprint density at radius 1 is 1.16 bits per heavy atom. The number of halogens is 3. The number of carboxylic acid groups (broad SMARTS) is 1. The molecule has 1 aliphatic carbocycles. The normalized spacial score (nSPS) is 21.3. The number of fused-ring (bicyclic) bond motifs is 2. The van der Waals surface area contributed by atoms with Crippen molar-refractivity contribution in [2.45, 2.75) is 48.9 Å². The van der Waals surface area contributed by atoms with Gasteiger partial charge in [-0.2, -0.15) is 5.10 Å². The highest BCUT2D eigenvalue weighted by molar-refractivity contribution is 6.67. The molecule has 0 radical (unpaired) electrons.